The first-order valence-electron chi connectivity index (χ1n) is 5.57. The lowest BCUT2D eigenvalue weighted by Crippen LogP contribution is -2.30. The van der Waals surface area contributed by atoms with E-state index < -0.39 is 0 Å². The van der Waals surface area contributed by atoms with Gasteiger partial charge in [-0.15, -0.1) is 6.58 Å². The van der Waals surface area contributed by atoms with Crippen molar-refractivity contribution in [2.45, 2.75) is 53.0 Å². The summed E-state index contributed by atoms with van der Waals surface area (Å²) in [5, 5.41) is 3.49. The average Bonchev–Trinajstić information content (AvgIpc) is 2.02. The summed E-state index contributed by atoms with van der Waals surface area (Å²) in [4.78, 5) is 0. The maximum absolute atomic E-state index is 4.04. The van der Waals surface area contributed by atoms with E-state index in [1.165, 1.54) is 18.4 Å². The molecule has 82 valence electrons. The first-order chi connectivity index (χ1) is 6.47. The number of nitrogens with one attached hydrogen (secondary N) is 1. The molecule has 14 heavy (non-hydrogen) atoms. The van der Waals surface area contributed by atoms with Gasteiger partial charge in [-0.25, -0.2) is 0 Å². The Morgan fingerprint density at radius 2 is 1.86 bits per heavy atom. The maximum Gasteiger partial charge on any atom is 0.0294 e. The molecule has 1 atom stereocenters. The minimum Gasteiger partial charge on any atom is -0.386 e. The van der Waals surface area contributed by atoms with E-state index in [-0.39, 0.29) is 0 Å². The molecule has 1 N–H and O–H groups in total. The molecule has 0 spiro atoms. The zero-order valence-corrected chi connectivity index (χ0v) is 10.2. The van der Waals surface area contributed by atoms with Crippen LogP contribution in [-0.4, -0.2) is 6.04 Å². The highest BCUT2D eigenvalue weighted by molar-refractivity contribution is 5.01. The Bertz CT molecular complexity index is 191. The van der Waals surface area contributed by atoms with E-state index in [4.69, 9.17) is 0 Å². The molecule has 0 fully saturated rings. The lowest BCUT2D eigenvalue weighted by Gasteiger charge is -2.22. The second kappa shape index (κ2) is 6.69. The van der Waals surface area contributed by atoms with Crippen LogP contribution in [0.15, 0.2) is 24.4 Å². The molecular formula is C13H25N. The third-order valence-corrected chi connectivity index (χ3v) is 2.32. The van der Waals surface area contributed by atoms with Crippen LogP contribution < -0.4 is 5.32 Å². The summed E-state index contributed by atoms with van der Waals surface area (Å²) >= 11 is 0. The van der Waals surface area contributed by atoms with Gasteiger partial charge >= 0.3 is 0 Å². The highest BCUT2D eigenvalue weighted by Gasteiger charge is 2.09. The number of hydrogen-bond acceptors (Lipinski definition) is 1. The summed E-state index contributed by atoms with van der Waals surface area (Å²) < 4.78 is 0. The zero-order valence-electron chi connectivity index (χ0n) is 10.2. The van der Waals surface area contributed by atoms with Crippen molar-refractivity contribution in [3.8, 4) is 0 Å². The molecule has 0 rings (SSSR count). The van der Waals surface area contributed by atoms with E-state index in [1.807, 2.05) is 0 Å². The highest BCUT2D eigenvalue weighted by atomic mass is 14.9. The molecule has 0 heterocycles. The Morgan fingerprint density at radius 3 is 2.21 bits per heavy atom. The van der Waals surface area contributed by atoms with Crippen molar-refractivity contribution in [2.75, 3.05) is 0 Å². The summed E-state index contributed by atoms with van der Waals surface area (Å²) in [7, 11) is 0. The van der Waals surface area contributed by atoms with Gasteiger partial charge in [0, 0.05) is 11.7 Å². The van der Waals surface area contributed by atoms with Crippen LogP contribution in [0.25, 0.3) is 0 Å². The third kappa shape index (κ3) is 5.85. The standard InChI is InChI=1S/C13H25N/c1-7-8-13(9-10(2)3)14-12(6)11(4)5/h11,13-14H,2,6-9H2,1,3-5H3. The minimum absolute atomic E-state index is 0.513. The van der Waals surface area contributed by atoms with Crippen LogP contribution in [0.3, 0.4) is 0 Å². The summed E-state index contributed by atoms with van der Waals surface area (Å²) in [6.45, 7) is 16.6. The summed E-state index contributed by atoms with van der Waals surface area (Å²) in [6, 6.07) is 0.521. The number of hydrogen-bond donors (Lipinski definition) is 1. The molecule has 1 heteroatoms. The molecule has 0 aliphatic heterocycles. The van der Waals surface area contributed by atoms with Crippen molar-refractivity contribution >= 4 is 0 Å². The fraction of sp³-hybridized carbons (Fsp3) is 0.692. The van der Waals surface area contributed by atoms with Crippen LogP contribution in [0.1, 0.15) is 47.0 Å². The van der Waals surface area contributed by atoms with Crippen LogP contribution in [0.4, 0.5) is 0 Å². The van der Waals surface area contributed by atoms with Crippen LogP contribution >= 0.6 is 0 Å². The lowest BCUT2D eigenvalue weighted by molar-refractivity contribution is 0.488. The van der Waals surface area contributed by atoms with E-state index in [9.17, 15) is 0 Å². The Balaban J connectivity index is 4.08. The van der Waals surface area contributed by atoms with Gasteiger partial charge in [0.2, 0.25) is 0 Å². The molecule has 0 bridgehead atoms. The van der Waals surface area contributed by atoms with Crippen LogP contribution in [0, 0.1) is 5.92 Å². The lowest BCUT2D eigenvalue weighted by atomic mass is 10.0. The van der Waals surface area contributed by atoms with Gasteiger partial charge in [0.05, 0.1) is 0 Å². The predicted molar refractivity (Wildman–Crippen MR) is 65.2 cm³/mol. The Kier molecular flexibility index (Phi) is 6.35. The van der Waals surface area contributed by atoms with Crippen molar-refractivity contribution in [1.29, 1.82) is 0 Å². The van der Waals surface area contributed by atoms with E-state index in [0.29, 0.717) is 12.0 Å². The normalized spacial score (nSPS) is 12.6. The maximum atomic E-state index is 4.04. The molecule has 1 unspecified atom stereocenters. The Labute approximate surface area is 89.3 Å². The van der Waals surface area contributed by atoms with Gasteiger partial charge in [-0.3, -0.25) is 0 Å². The van der Waals surface area contributed by atoms with Crippen molar-refractivity contribution in [3.05, 3.63) is 24.4 Å². The fourth-order valence-corrected chi connectivity index (χ4v) is 1.42. The smallest absolute Gasteiger partial charge is 0.0294 e. The first-order valence-corrected chi connectivity index (χ1v) is 5.57. The minimum atomic E-state index is 0.513. The Morgan fingerprint density at radius 1 is 1.29 bits per heavy atom. The number of allylic oxidation sites excluding steroid dienone is 1. The average molecular weight is 195 g/mol. The summed E-state index contributed by atoms with van der Waals surface area (Å²) in [6.07, 6.45) is 3.45. The molecular weight excluding hydrogens is 170 g/mol. The van der Waals surface area contributed by atoms with Gasteiger partial charge in [0.1, 0.15) is 0 Å². The van der Waals surface area contributed by atoms with Crippen molar-refractivity contribution < 1.29 is 0 Å². The predicted octanol–water partition coefficient (Wildman–Crippen LogP) is 3.88. The van der Waals surface area contributed by atoms with Crippen LogP contribution in [-0.2, 0) is 0 Å². The molecule has 0 aliphatic rings. The second-order valence-electron chi connectivity index (χ2n) is 4.47. The monoisotopic (exact) mass is 195 g/mol. The highest BCUT2D eigenvalue weighted by Crippen LogP contribution is 2.12. The molecule has 0 aromatic carbocycles. The SMILES string of the molecule is C=C(C)CC(CCC)NC(=C)C(C)C. The van der Waals surface area contributed by atoms with Gasteiger partial charge in [0.15, 0.2) is 0 Å². The largest absolute Gasteiger partial charge is 0.386 e. The summed E-state index contributed by atoms with van der Waals surface area (Å²) in [5.74, 6) is 0.513. The molecule has 1 nitrogen and oxygen atoms in total. The zero-order chi connectivity index (χ0) is 11.1. The van der Waals surface area contributed by atoms with Crippen LogP contribution in [0.5, 0.6) is 0 Å². The topological polar surface area (TPSA) is 12.0 Å². The molecule has 0 saturated carbocycles. The molecule has 0 radical (unpaired) electrons. The first kappa shape index (κ1) is 13.3. The molecule has 0 aromatic heterocycles. The van der Waals surface area contributed by atoms with Crippen molar-refractivity contribution in [1.82, 2.24) is 5.32 Å². The molecule has 0 saturated heterocycles. The molecule has 0 aliphatic carbocycles. The summed E-state index contributed by atoms with van der Waals surface area (Å²) in [5.41, 5.74) is 2.39. The fourth-order valence-electron chi connectivity index (χ4n) is 1.42. The van der Waals surface area contributed by atoms with Crippen molar-refractivity contribution in [3.63, 3.8) is 0 Å². The van der Waals surface area contributed by atoms with E-state index in [1.54, 1.807) is 0 Å². The molecule has 0 aromatic rings. The van der Waals surface area contributed by atoms with Gasteiger partial charge in [0.25, 0.3) is 0 Å². The molecule has 0 amide bonds. The van der Waals surface area contributed by atoms with Gasteiger partial charge in [-0.05, 0) is 25.7 Å². The Hall–Kier alpha value is -0.720. The van der Waals surface area contributed by atoms with Crippen LogP contribution in [0.2, 0.25) is 0 Å². The second-order valence-corrected chi connectivity index (χ2v) is 4.47. The van der Waals surface area contributed by atoms with Gasteiger partial charge in [-0.1, -0.05) is 39.3 Å². The quantitative estimate of drug-likeness (QED) is 0.608. The number of rotatable bonds is 7. The van der Waals surface area contributed by atoms with E-state index in [0.717, 1.165) is 12.1 Å². The van der Waals surface area contributed by atoms with Crippen molar-refractivity contribution in [2.24, 2.45) is 5.92 Å². The van der Waals surface area contributed by atoms with Gasteiger partial charge in [-0.2, -0.15) is 0 Å². The third-order valence-electron chi connectivity index (χ3n) is 2.32. The van der Waals surface area contributed by atoms with E-state index >= 15 is 0 Å². The van der Waals surface area contributed by atoms with Gasteiger partial charge < -0.3 is 5.32 Å². The van der Waals surface area contributed by atoms with E-state index in [2.05, 4.69) is 46.2 Å².